The first-order valence-electron chi connectivity index (χ1n) is 12.6. The summed E-state index contributed by atoms with van der Waals surface area (Å²) in [7, 11) is 1.59. The zero-order valence-corrected chi connectivity index (χ0v) is 24.9. The van der Waals surface area contributed by atoms with Crippen LogP contribution in [0.2, 0.25) is 0 Å². The number of nitrogens with zero attached hydrogens (tertiary/aromatic N) is 1. The molecule has 4 aromatic rings. The number of carbonyl (C=O) groups excluding carboxylic acids is 1. The number of halogens is 1. The van der Waals surface area contributed by atoms with Gasteiger partial charge >= 0.3 is 5.97 Å². The molecule has 1 aliphatic rings. The lowest BCUT2D eigenvalue weighted by molar-refractivity contribution is -0.138. The molecule has 202 valence electrons. The number of aliphatic hydroxyl groups excluding tert-OH is 1. The summed E-state index contributed by atoms with van der Waals surface area (Å²) >= 11 is 3.43. The quantitative estimate of drug-likeness (QED) is 0.151. The Morgan fingerprint density at radius 2 is 1.75 bits per heavy atom. The SMILES string of the molecule is CCOC(=O)C1=C(O)/C(=C/c2cc(I)c(OCc3ccc4ccccc4c3)c(OC)c2)SC1=Nc1ccccc1. The van der Waals surface area contributed by atoms with Crippen LogP contribution in [0, 0.1) is 3.57 Å². The summed E-state index contributed by atoms with van der Waals surface area (Å²) in [6.45, 7) is 2.30. The van der Waals surface area contributed by atoms with E-state index in [9.17, 15) is 9.90 Å². The average molecular weight is 664 g/mol. The summed E-state index contributed by atoms with van der Waals surface area (Å²) in [5, 5.41) is 13.8. The average Bonchev–Trinajstić information content (AvgIpc) is 3.26. The van der Waals surface area contributed by atoms with E-state index in [1.165, 1.54) is 17.1 Å². The number of aliphatic imine (C=N–C) groups is 1. The standard InChI is InChI=1S/C32H26INO5S/c1-3-38-32(36)28-29(35)27(40-31(28)34-24-11-5-4-6-12-24)18-21-16-25(33)30(26(17-21)37-2)39-19-20-13-14-22-9-7-8-10-23(22)15-20/h4-18,35H,3,19H2,1-2H3/b27-18-,34-31?. The third kappa shape index (κ3) is 6.18. The molecule has 0 aliphatic carbocycles. The van der Waals surface area contributed by atoms with Gasteiger partial charge in [0.1, 0.15) is 23.0 Å². The molecule has 6 nitrogen and oxygen atoms in total. The smallest absolute Gasteiger partial charge is 0.344 e. The summed E-state index contributed by atoms with van der Waals surface area (Å²) < 4.78 is 17.9. The number of methoxy groups -OCH3 is 1. The second-order valence-corrected chi connectivity index (χ2v) is 11.0. The lowest BCUT2D eigenvalue weighted by Gasteiger charge is -2.14. The minimum atomic E-state index is -0.616. The van der Waals surface area contributed by atoms with Gasteiger partial charge in [0.05, 0.1) is 27.9 Å². The van der Waals surface area contributed by atoms with E-state index in [1.54, 1.807) is 20.1 Å². The summed E-state index contributed by atoms with van der Waals surface area (Å²) in [6, 6.07) is 27.5. The number of thioether (sulfide) groups is 1. The molecule has 1 aliphatic heterocycles. The van der Waals surface area contributed by atoms with Gasteiger partial charge in [-0.25, -0.2) is 9.79 Å². The molecule has 0 aromatic heterocycles. The van der Waals surface area contributed by atoms with Gasteiger partial charge < -0.3 is 19.3 Å². The van der Waals surface area contributed by atoms with Crippen molar-refractivity contribution in [3.05, 3.63) is 116 Å². The van der Waals surface area contributed by atoms with E-state index in [0.29, 0.717) is 33.7 Å². The molecule has 0 amide bonds. The van der Waals surface area contributed by atoms with Crippen molar-refractivity contribution in [1.82, 2.24) is 0 Å². The number of benzene rings is 4. The zero-order chi connectivity index (χ0) is 28.1. The first kappa shape index (κ1) is 27.8. The molecule has 0 radical (unpaired) electrons. The Balaban J connectivity index is 1.43. The number of fused-ring (bicyclic) bond motifs is 1. The summed E-state index contributed by atoms with van der Waals surface area (Å²) in [6.07, 6.45) is 1.80. The number of carbonyl (C=O) groups is 1. The van der Waals surface area contributed by atoms with E-state index in [2.05, 4.69) is 57.9 Å². The van der Waals surface area contributed by atoms with Gasteiger partial charge in [-0.1, -0.05) is 66.4 Å². The van der Waals surface area contributed by atoms with Gasteiger partial charge in [0.15, 0.2) is 11.5 Å². The van der Waals surface area contributed by atoms with Crippen LogP contribution in [0.5, 0.6) is 11.5 Å². The maximum absolute atomic E-state index is 12.7. The lowest BCUT2D eigenvalue weighted by Crippen LogP contribution is -2.12. The summed E-state index contributed by atoms with van der Waals surface area (Å²) in [5.41, 5.74) is 2.55. The van der Waals surface area contributed by atoms with Gasteiger partial charge in [-0.15, -0.1) is 0 Å². The molecule has 5 rings (SSSR count). The zero-order valence-electron chi connectivity index (χ0n) is 21.9. The van der Waals surface area contributed by atoms with Crippen LogP contribution in [-0.4, -0.2) is 29.8 Å². The van der Waals surface area contributed by atoms with Gasteiger partial charge in [0.25, 0.3) is 0 Å². The summed E-state index contributed by atoms with van der Waals surface area (Å²) in [4.78, 5) is 17.8. The highest BCUT2D eigenvalue weighted by Crippen LogP contribution is 2.42. The van der Waals surface area contributed by atoms with Crippen molar-refractivity contribution in [2.24, 2.45) is 4.99 Å². The first-order chi connectivity index (χ1) is 19.5. The van der Waals surface area contributed by atoms with E-state index in [1.807, 2.05) is 54.6 Å². The van der Waals surface area contributed by atoms with Crippen LogP contribution in [0.1, 0.15) is 18.1 Å². The molecule has 0 saturated carbocycles. The highest BCUT2D eigenvalue weighted by Gasteiger charge is 2.33. The lowest BCUT2D eigenvalue weighted by atomic mass is 10.1. The van der Waals surface area contributed by atoms with Crippen molar-refractivity contribution < 1.29 is 24.1 Å². The highest BCUT2D eigenvalue weighted by molar-refractivity contribution is 14.1. The molecule has 40 heavy (non-hydrogen) atoms. The molecular formula is C32H26INO5S. The van der Waals surface area contributed by atoms with Crippen molar-refractivity contribution in [1.29, 1.82) is 0 Å². The predicted molar refractivity (Wildman–Crippen MR) is 169 cm³/mol. The number of para-hydroxylation sites is 1. The first-order valence-corrected chi connectivity index (χ1v) is 14.5. The van der Waals surface area contributed by atoms with Crippen LogP contribution >= 0.6 is 34.4 Å². The molecule has 0 fully saturated rings. The number of ether oxygens (including phenoxy) is 3. The second kappa shape index (κ2) is 12.6. The number of hydrogen-bond acceptors (Lipinski definition) is 7. The van der Waals surface area contributed by atoms with E-state index in [0.717, 1.165) is 20.1 Å². The van der Waals surface area contributed by atoms with Crippen molar-refractivity contribution in [2.45, 2.75) is 13.5 Å². The third-order valence-electron chi connectivity index (χ3n) is 6.10. The van der Waals surface area contributed by atoms with Crippen LogP contribution in [0.25, 0.3) is 16.8 Å². The number of rotatable bonds is 8. The van der Waals surface area contributed by atoms with Crippen molar-refractivity contribution in [2.75, 3.05) is 13.7 Å². The molecule has 1 heterocycles. The molecule has 0 bridgehead atoms. The van der Waals surface area contributed by atoms with Gasteiger partial charge in [-0.05, 0) is 87.8 Å². The highest BCUT2D eigenvalue weighted by atomic mass is 127. The Morgan fingerprint density at radius 1 is 1.00 bits per heavy atom. The minimum Gasteiger partial charge on any atom is -0.506 e. The topological polar surface area (TPSA) is 77.4 Å². The Hall–Kier alpha value is -3.76. The third-order valence-corrected chi connectivity index (χ3v) is 7.92. The van der Waals surface area contributed by atoms with Crippen molar-refractivity contribution in [3.63, 3.8) is 0 Å². The molecule has 0 unspecified atom stereocenters. The van der Waals surface area contributed by atoms with Gasteiger partial charge in [-0.2, -0.15) is 0 Å². The fourth-order valence-electron chi connectivity index (χ4n) is 4.21. The Kier molecular flexibility index (Phi) is 8.76. The molecule has 0 saturated heterocycles. The fourth-order valence-corrected chi connectivity index (χ4v) is 6.03. The fraction of sp³-hybridized carbons (Fsp3) is 0.125. The monoisotopic (exact) mass is 663 g/mol. The predicted octanol–water partition coefficient (Wildman–Crippen LogP) is 8.23. The largest absolute Gasteiger partial charge is 0.506 e. The Labute approximate surface area is 250 Å². The minimum absolute atomic E-state index is 0.0546. The maximum atomic E-state index is 12.7. The van der Waals surface area contributed by atoms with Crippen LogP contribution in [-0.2, 0) is 16.1 Å². The van der Waals surface area contributed by atoms with Crippen LogP contribution in [0.15, 0.2) is 106 Å². The maximum Gasteiger partial charge on any atom is 0.344 e. The van der Waals surface area contributed by atoms with Crippen LogP contribution < -0.4 is 9.47 Å². The van der Waals surface area contributed by atoms with Gasteiger partial charge in [-0.3, -0.25) is 0 Å². The number of hydrogen-bond donors (Lipinski definition) is 1. The number of aliphatic hydroxyl groups is 1. The van der Waals surface area contributed by atoms with Crippen LogP contribution in [0.4, 0.5) is 5.69 Å². The van der Waals surface area contributed by atoms with Crippen LogP contribution in [0.3, 0.4) is 0 Å². The second-order valence-electron chi connectivity index (χ2n) is 8.81. The van der Waals surface area contributed by atoms with E-state index in [4.69, 9.17) is 14.2 Å². The molecule has 0 spiro atoms. The molecule has 1 N–H and O–H groups in total. The molecule has 0 atom stereocenters. The summed E-state index contributed by atoms with van der Waals surface area (Å²) in [5.74, 6) is 0.421. The normalized spacial score (nSPS) is 15.2. The molecular weight excluding hydrogens is 637 g/mol. The Bertz CT molecular complexity index is 1660. The Morgan fingerprint density at radius 3 is 2.50 bits per heavy atom. The van der Waals surface area contributed by atoms with E-state index < -0.39 is 5.97 Å². The number of esters is 1. The van der Waals surface area contributed by atoms with Crippen molar-refractivity contribution >= 4 is 67.9 Å². The van der Waals surface area contributed by atoms with Gasteiger partial charge in [0, 0.05) is 0 Å². The van der Waals surface area contributed by atoms with E-state index >= 15 is 0 Å². The van der Waals surface area contributed by atoms with Crippen molar-refractivity contribution in [3.8, 4) is 11.5 Å². The van der Waals surface area contributed by atoms with E-state index in [-0.39, 0.29) is 17.9 Å². The molecule has 8 heteroatoms. The van der Waals surface area contributed by atoms with Gasteiger partial charge in [0.2, 0.25) is 0 Å². The molecule has 4 aromatic carbocycles.